The van der Waals surface area contributed by atoms with Crippen molar-refractivity contribution in [3.63, 3.8) is 0 Å². The van der Waals surface area contributed by atoms with Gasteiger partial charge in [0.2, 0.25) is 0 Å². The van der Waals surface area contributed by atoms with E-state index in [1.54, 1.807) is 12.1 Å². The lowest BCUT2D eigenvalue weighted by Gasteiger charge is -2.11. The Bertz CT molecular complexity index is 338. The molecule has 0 bridgehead atoms. The summed E-state index contributed by atoms with van der Waals surface area (Å²) in [5.41, 5.74) is 0.269. The van der Waals surface area contributed by atoms with E-state index in [4.69, 9.17) is 14.6 Å². The molecule has 1 fully saturated rings. The minimum absolute atomic E-state index is 0.0979. The van der Waals surface area contributed by atoms with Crippen LogP contribution in [0.1, 0.15) is 16.8 Å². The van der Waals surface area contributed by atoms with E-state index in [0.29, 0.717) is 12.4 Å². The van der Waals surface area contributed by atoms with Crippen LogP contribution < -0.4 is 4.74 Å². The molecule has 15 heavy (non-hydrogen) atoms. The third-order valence-electron chi connectivity index (χ3n) is 2.29. The van der Waals surface area contributed by atoms with Gasteiger partial charge in [0.25, 0.3) is 0 Å². The molecule has 1 aliphatic rings. The summed E-state index contributed by atoms with van der Waals surface area (Å²) < 4.78 is 10.8. The fraction of sp³-hybridized carbons (Fsp3) is 0.364. The maximum absolute atomic E-state index is 10.6. The summed E-state index contributed by atoms with van der Waals surface area (Å²) in [6.07, 6.45) is 0.987. The van der Waals surface area contributed by atoms with Crippen LogP contribution in [0.5, 0.6) is 5.75 Å². The zero-order valence-corrected chi connectivity index (χ0v) is 8.18. The van der Waals surface area contributed by atoms with E-state index < -0.39 is 5.97 Å². The van der Waals surface area contributed by atoms with Crippen LogP contribution in [0.2, 0.25) is 0 Å². The van der Waals surface area contributed by atoms with Crippen LogP contribution in [0.3, 0.4) is 0 Å². The van der Waals surface area contributed by atoms with Crippen LogP contribution in [0.25, 0.3) is 0 Å². The Labute approximate surface area is 87.4 Å². The second-order valence-electron chi connectivity index (χ2n) is 3.43. The van der Waals surface area contributed by atoms with Crippen LogP contribution in [0.15, 0.2) is 24.3 Å². The second-order valence-corrected chi connectivity index (χ2v) is 3.43. The highest BCUT2D eigenvalue weighted by molar-refractivity contribution is 5.87. The summed E-state index contributed by atoms with van der Waals surface area (Å²) in [7, 11) is 0. The van der Waals surface area contributed by atoms with E-state index in [1.807, 2.05) is 0 Å². The molecular weight excluding hydrogens is 196 g/mol. The first-order valence-electron chi connectivity index (χ1n) is 4.83. The lowest BCUT2D eigenvalue weighted by molar-refractivity contribution is 0.0697. The molecule has 4 heteroatoms. The number of ether oxygens (including phenoxy) is 2. The van der Waals surface area contributed by atoms with E-state index >= 15 is 0 Å². The molecule has 1 aromatic rings. The van der Waals surface area contributed by atoms with E-state index in [2.05, 4.69) is 0 Å². The van der Waals surface area contributed by atoms with Gasteiger partial charge in [-0.2, -0.15) is 0 Å². The number of hydrogen-bond donors (Lipinski definition) is 1. The van der Waals surface area contributed by atoms with E-state index in [-0.39, 0.29) is 11.7 Å². The molecule has 80 valence electrons. The highest BCUT2D eigenvalue weighted by Crippen LogP contribution is 2.17. The molecule has 1 unspecified atom stereocenters. The van der Waals surface area contributed by atoms with Gasteiger partial charge in [0.15, 0.2) is 0 Å². The number of carboxylic acid groups (broad SMARTS) is 1. The lowest BCUT2D eigenvalue weighted by Crippen LogP contribution is -2.15. The van der Waals surface area contributed by atoms with Crippen LogP contribution in [0, 0.1) is 0 Å². The predicted octanol–water partition coefficient (Wildman–Crippen LogP) is 1.55. The number of carboxylic acids is 1. The Morgan fingerprint density at radius 3 is 2.67 bits per heavy atom. The average molecular weight is 208 g/mol. The standard InChI is InChI=1S/C11H12O4/c12-11(13)8-1-3-9(4-2-8)15-10-5-6-14-7-10/h1-4,10H,5-7H2,(H,12,13). The van der Waals surface area contributed by atoms with Crippen molar-refractivity contribution in [3.8, 4) is 5.75 Å². The van der Waals surface area contributed by atoms with Crippen molar-refractivity contribution in [3.05, 3.63) is 29.8 Å². The fourth-order valence-electron chi connectivity index (χ4n) is 1.47. The summed E-state index contributed by atoms with van der Waals surface area (Å²) >= 11 is 0. The molecule has 1 atom stereocenters. The van der Waals surface area contributed by atoms with Gasteiger partial charge in [-0.25, -0.2) is 4.79 Å². The monoisotopic (exact) mass is 208 g/mol. The summed E-state index contributed by atoms with van der Waals surface area (Å²) in [5.74, 6) is -0.235. The van der Waals surface area contributed by atoms with Gasteiger partial charge in [-0.05, 0) is 24.3 Å². The Kier molecular flexibility index (Phi) is 2.87. The van der Waals surface area contributed by atoms with Crippen LogP contribution in [-0.2, 0) is 4.74 Å². The second kappa shape index (κ2) is 4.31. The number of carbonyl (C=O) groups is 1. The smallest absolute Gasteiger partial charge is 0.335 e. The number of aromatic carboxylic acids is 1. The molecule has 1 aliphatic heterocycles. The third-order valence-corrected chi connectivity index (χ3v) is 2.29. The summed E-state index contributed by atoms with van der Waals surface area (Å²) in [5, 5.41) is 8.70. The average Bonchev–Trinajstić information content (AvgIpc) is 2.71. The Morgan fingerprint density at radius 2 is 2.13 bits per heavy atom. The molecule has 0 radical (unpaired) electrons. The van der Waals surface area contributed by atoms with Crippen molar-refractivity contribution in [2.75, 3.05) is 13.2 Å². The molecule has 1 saturated heterocycles. The Balaban J connectivity index is 2.00. The van der Waals surface area contributed by atoms with Gasteiger partial charge in [0, 0.05) is 6.42 Å². The fourth-order valence-corrected chi connectivity index (χ4v) is 1.47. The molecule has 0 aliphatic carbocycles. The molecule has 1 N–H and O–H groups in total. The van der Waals surface area contributed by atoms with Crippen molar-refractivity contribution >= 4 is 5.97 Å². The minimum atomic E-state index is -0.925. The third kappa shape index (κ3) is 2.47. The van der Waals surface area contributed by atoms with E-state index in [0.717, 1.165) is 13.0 Å². The summed E-state index contributed by atoms with van der Waals surface area (Å²) in [6.45, 7) is 1.35. The highest BCUT2D eigenvalue weighted by atomic mass is 16.5. The molecule has 0 saturated carbocycles. The quantitative estimate of drug-likeness (QED) is 0.818. The van der Waals surface area contributed by atoms with Gasteiger partial charge < -0.3 is 14.6 Å². The number of rotatable bonds is 3. The maximum Gasteiger partial charge on any atom is 0.335 e. The van der Waals surface area contributed by atoms with Crippen molar-refractivity contribution in [1.82, 2.24) is 0 Å². The summed E-state index contributed by atoms with van der Waals surface area (Å²) in [4.78, 5) is 10.6. The number of hydrogen-bond acceptors (Lipinski definition) is 3. The van der Waals surface area contributed by atoms with Crippen molar-refractivity contribution in [1.29, 1.82) is 0 Å². The van der Waals surface area contributed by atoms with Gasteiger partial charge >= 0.3 is 5.97 Å². The molecule has 1 heterocycles. The van der Waals surface area contributed by atoms with Gasteiger partial charge in [-0.1, -0.05) is 0 Å². The molecule has 0 spiro atoms. The lowest BCUT2D eigenvalue weighted by atomic mass is 10.2. The largest absolute Gasteiger partial charge is 0.488 e. The van der Waals surface area contributed by atoms with Crippen LogP contribution in [0.4, 0.5) is 0 Å². The molecule has 4 nitrogen and oxygen atoms in total. The first-order valence-corrected chi connectivity index (χ1v) is 4.83. The van der Waals surface area contributed by atoms with Gasteiger partial charge in [0.1, 0.15) is 11.9 Å². The van der Waals surface area contributed by atoms with Crippen molar-refractivity contribution in [2.45, 2.75) is 12.5 Å². The highest BCUT2D eigenvalue weighted by Gasteiger charge is 2.17. The molecule has 2 rings (SSSR count). The van der Waals surface area contributed by atoms with Crippen LogP contribution >= 0.6 is 0 Å². The number of benzene rings is 1. The van der Waals surface area contributed by atoms with E-state index in [9.17, 15) is 4.79 Å². The van der Waals surface area contributed by atoms with E-state index in [1.165, 1.54) is 12.1 Å². The normalized spacial score (nSPS) is 20.1. The Morgan fingerprint density at radius 1 is 1.40 bits per heavy atom. The zero-order valence-electron chi connectivity index (χ0n) is 8.18. The maximum atomic E-state index is 10.6. The van der Waals surface area contributed by atoms with Crippen molar-refractivity contribution in [2.24, 2.45) is 0 Å². The summed E-state index contributed by atoms with van der Waals surface area (Å²) in [6, 6.07) is 6.41. The Hall–Kier alpha value is -1.55. The molecule has 0 aromatic heterocycles. The first kappa shape index (κ1) is 9.98. The van der Waals surface area contributed by atoms with Crippen molar-refractivity contribution < 1.29 is 19.4 Å². The first-order chi connectivity index (χ1) is 7.25. The zero-order chi connectivity index (χ0) is 10.7. The van der Waals surface area contributed by atoms with Gasteiger partial charge in [-0.15, -0.1) is 0 Å². The van der Waals surface area contributed by atoms with Gasteiger partial charge in [0.05, 0.1) is 18.8 Å². The molecule has 0 amide bonds. The predicted molar refractivity (Wildman–Crippen MR) is 53.3 cm³/mol. The minimum Gasteiger partial charge on any atom is -0.488 e. The van der Waals surface area contributed by atoms with Crippen LogP contribution in [-0.4, -0.2) is 30.4 Å². The topological polar surface area (TPSA) is 55.8 Å². The SMILES string of the molecule is O=C(O)c1ccc(OC2CCOC2)cc1. The molecule has 1 aromatic carbocycles. The van der Waals surface area contributed by atoms with Gasteiger partial charge in [-0.3, -0.25) is 0 Å². The molecular formula is C11H12O4.